The number of rotatable bonds is 2. The fourth-order valence-electron chi connectivity index (χ4n) is 2.24. The summed E-state index contributed by atoms with van der Waals surface area (Å²) >= 11 is 0. The number of halogens is 1. The van der Waals surface area contributed by atoms with Gasteiger partial charge in [0.2, 0.25) is 17.3 Å². The van der Waals surface area contributed by atoms with Gasteiger partial charge in [0, 0.05) is 11.6 Å². The van der Waals surface area contributed by atoms with Crippen molar-refractivity contribution in [2.45, 2.75) is 6.92 Å². The van der Waals surface area contributed by atoms with Crippen LogP contribution in [0.3, 0.4) is 0 Å². The van der Waals surface area contributed by atoms with Gasteiger partial charge in [-0.2, -0.15) is 0 Å². The Hall–Kier alpha value is -2.89. The van der Waals surface area contributed by atoms with Crippen LogP contribution in [0, 0.1) is 12.7 Å². The lowest BCUT2D eigenvalue weighted by atomic mass is 10.1. The Kier molecular flexibility index (Phi) is 2.86. The monoisotopic (exact) mass is 286 g/mol. The summed E-state index contributed by atoms with van der Waals surface area (Å²) in [6.45, 7) is 1.70. The minimum absolute atomic E-state index is 0.0680. The van der Waals surface area contributed by atoms with E-state index in [9.17, 15) is 14.0 Å². The number of carbonyl (C=O) groups is 1. The van der Waals surface area contributed by atoms with E-state index in [1.165, 1.54) is 30.3 Å². The molecule has 0 saturated carbocycles. The molecule has 106 valence electrons. The second kappa shape index (κ2) is 4.59. The van der Waals surface area contributed by atoms with Crippen LogP contribution >= 0.6 is 0 Å². The number of hydrogen-bond acceptors (Lipinski definition) is 4. The van der Waals surface area contributed by atoms with Crippen molar-refractivity contribution in [1.29, 1.82) is 0 Å². The molecule has 0 amide bonds. The highest BCUT2D eigenvalue weighted by atomic mass is 19.1. The maximum Gasteiger partial charge on any atom is 0.250 e. The van der Waals surface area contributed by atoms with E-state index in [-0.39, 0.29) is 28.3 Å². The largest absolute Gasteiger partial charge is 0.434 e. The maximum absolute atomic E-state index is 12.9. The zero-order valence-electron chi connectivity index (χ0n) is 11.1. The number of benzene rings is 1. The smallest absolute Gasteiger partial charge is 0.250 e. The third-order valence-electron chi connectivity index (χ3n) is 3.24. The van der Waals surface area contributed by atoms with Gasteiger partial charge in [0.1, 0.15) is 5.82 Å². The molecule has 21 heavy (non-hydrogen) atoms. The number of hydrogen-bond donors (Lipinski definition) is 2. The fourth-order valence-corrected chi connectivity index (χ4v) is 2.24. The first-order chi connectivity index (χ1) is 9.97. The molecule has 0 bridgehead atoms. The molecular weight excluding hydrogens is 275 g/mol. The number of fused-ring (bicyclic) bond motifs is 1. The molecule has 3 aromatic rings. The van der Waals surface area contributed by atoms with Gasteiger partial charge in [-0.15, -0.1) is 0 Å². The van der Waals surface area contributed by atoms with E-state index >= 15 is 0 Å². The zero-order chi connectivity index (χ0) is 15.1. The number of H-pyrrole nitrogens is 1. The number of nitrogens with one attached hydrogen (secondary N) is 1. The highest BCUT2D eigenvalue weighted by Crippen LogP contribution is 2.30. The second-order valence-electron chi connectivity index (χ2n) is 4.70. The quantitative estimate of drug-likeness (QED) is 0.708. The topological polar surface area (TPSA) is 89.1 Å². The van der Waals surface area contributed by atoms with E-state index in [0.29, 0.717) is 10.9 Å². The number of furan rings is 1. The van der Waals surface area contributed by atoms with E-state index < -0.39 is 11.6 Å². The second-order valence-corrected chi connectivity index (χ2v) is 4.70. The molecule has 0 fully saturated rings. The molecule has 0 aliphatic heterocycles. The Bertz CT molecular complexity index is 907. The van der Waals surface area contributed by atoms with Crippen molar-refractivity contribution in [1.82, 2.24) is 4.98 Å². The van der Waals surface area contributed by atoms with Crippen molar-refractivity contribution in [2.24, 2.45) is 0 Å². The Morgan fingerprint density at radius 3 is 2.62 bits per heavy atom. The number of carbonyl (C=O) groups excluding carboxylic acids is 1. The summed E-state index contributed by atoms with van der Waals surface area (Å²) in [6.07, 6.45) is 0. The van der Waals surface area contributed by atoms with E-state index in [1.807, 2.05) is 0 Å². The van der Waals surface area contributed by atoms with E-state index in [2.05, 4.69) is 4.98 Å². The predicted octanol–water partition coefficient (Wildman–Crippen LogP) is 2.38. The third-order valence-corrected chi connectivity index (χ3v) is 3.24. The van der Waals surface area contributed by atoms with Crippen molar-refractivity contribution < 1.29 is 13.6 Å². The Labute approximate surface area is 118 Å². The Morgan fingerprint density at radius 2 is 1.95 bits per heavy atom. The molecule has 0 unspecified atom stereocenters. The molecule has 2 aromatic heterocycles. The number of ketones is 1. The van der Waals surface area contributed by atoms with Crippen LogP contribution in [0.4, 0.5) is 10.1 Å². The van der Waals surface area contributed by atoms with Crippen LogP contribution < -0.4 is 11.3 Å². The van der Waals surface area contributed by atoms with Gasteiger partial charge in [0.25, 0.3) is 5.56 Å². The van der Waals surface area contributed by atoms with Gasteiger partial charge >= 0.3 is 0 Å². The highest BCUT2D eigenvalue weighted by Gasteiger charge is 2.21. The molecule has 0 aliphatic rings. The lowest BCUT2D eigenvalue weighted by Crippen LogP contribution is -2.04. The third kappa shape index (κ3) is 2.10. The van der Waals surface area contributed by atoms with Crippen molar-refractivity contribution in [2.75, 3.05) is 5.73 Å². The number of nitrogens with two attached hydrogens (primary N) is 1. The van der Waals surface area contributed by atoms with E-state index in [0.717, 1.165) is 0 Å². The molecular formula is C15H11FN2O3. The molecule has 3 N–H and O–H groups in total. The number of aryl methyl sites for hydroxylation is 1. The van der Waals surface area contributed by atoms with Gasteiger partial charge in [0.15, 0.2) is 0 Å². The summed E-state index contributed by atoms with van der Waals surface area (Å²) < 4.78 is 18.3. The van der Waals surface area contributed by atoms with Gasteiger partial charge < -0.3 is 10.2 Å². The van der Waals surface area contributed by atoms with Crippen LogP contribution in [-0.2, 0) is 0 Å². The van der Waals surface area contributed by atoms with Crippen molar-refractivity contribution in [3.8, 4) is 0 Å². The van der Waals surface area contributed by atoms with Crippen molar-refractivity contribution in [3.05, 3.63) is 63.4 Å². The molecule has 0 spiro atoms. The maximum atomic E-state index is 12.9. The minimum Gasteiger partial charge on any atom is -0.434 e. The molecule has 0 atom stereocenters. The first kappa shape index (κ1) is 13.1. The number of aromatic nitrogens is 1. The van der Waals surface area contributed by atoms with Crippen LogP contribution in [0.25, 0.3) is 11.1 Å². The normalized spacial score (nSPS) is 11.0. The number of aromatic amines is 1. The average Bonchev–Trinajstić information content (AvgIpc) is 2.76. The summed E-state index contributed by atoms with van der Waals surface area (Å²) in [6, 6.07) is 6.43. The molecule has 1 aromatic carbocycles. The van der Waals surface area contributed by atoms with Gasteiger partial charge in [0.05, 0.1) is 11.1 Å². The molecule has 0 saturated heterocycles. The van der Waals surface area contributed by atoms with Crippen LogP contribution in [-0.4, -0.2) is 10.8 Å². The lowest BCUT2D eigenvalue weighted by Gasteiger charge is -1.99. The average molecular weight is 286 g/mol. The summed E-state index contributed by atoms with van der Waals surface area (Å²) in [7, 11) is 0. The zero-order valence-corrected chi connectivity index (χ0v) is 11.1. The summed E-state index contributed by atoms with van der Waals surface area (Å²) in [5.74, 6) is -0.977. The number of pyridine rings is 1. The summed E-state index contributed by atoms with van der Waals surface area (Å²) in [5.41, 5.74) is 6.80. The van der Waals surface area contributed by atoms with Crippen LogP contribution in [0.1, 0.15) is 21.7 Å². The van der Waals surface area contributed by atoms with Gasteiger partial charge in [-0.1, -0.05) is 0 Å². The molecule has 0 radical (unpaired) electrons. The highest BCUT2D eigenvalue weighted by molar-refractivity contribution is 6.14. The predicted molar refractivity (Wildman–Crippen MR) is 75.8 cm³/mol. The summed E-state index contributed by atoms with van der Waals surface area (Å²) in [5, 5.41) is 0.500. The lowest BCUT2D eigenvalue weighted by molar-refractivity contribution is 0.101. The molecule has 5 nitrogen and oxygen atoms in total. The number of anilines is 1. The Balaban J connectivity index is 2.19. The molecule has 0 aliphatic carbocycles. The van der Waals surface area contributed by atoms with Gasteiger partial charge in [-0.05, 0) is 36.8 Å². The molecule has 3 rings (SSSR count). The van der Waals surface area contributed by atoms with Crippen LogP contribution in [0.5, 0.6) is 0 Å². The van der Waals surface area contributed by atoms with Crippen LogP contribution in [0.2, 0.25) is 0 Å². The molecule has 6 heteroatoms. The molecule has 2 heterocycles. The first-order valence-corrected chi connectivity index (χ1v) is 6.19. The SMILES string of the molecule is Cc1cc(=O)[nH]c2oc(C(=O)c3ccc(F)cc3)c(N)c12. The standard InChI is InChI=1S/C15H11FN2O3/c1-7-6-10(19)18-15-11(7)12(17)14(21-15)13(20)8-2-4-9(16)5-3-8/h2-6H,17H2,1H3,(H,18,19). The van der Waals surface area contributed by atoms with Crippen molar-refractivity contribution in [3.63, 3.8) is 0 Å². The minimum atomic E-state index is -0.469. The van der Waals surface area contributed by atoms with Gasteiger partial charge in [-0.3, -0.25) is 14.6 Å². The van der Waals surface area contributed by atoms with E-state index in [4.69, 9.17) is 10.2 Å². The van der Waals surface area contributed by atoms with E-state index in [1.54, 1.807) is 6.92 Å². The van der Waals surface area contributed by atoms with Crippen molar-refractivity contribution >= 4 is 22.6 Å². The number of nitrogen functional groups attached to an aromatic ring is 1. The van der Waals surface area contributed by atoms with Gasteiger partial charge in [-0.25, -0.2) is 4.39 Å². The summed E-state index contributed by atoms with van der Waals surface area (Å²) in [4.78, 5) is 26.3. The Morgan fingerprint density at radius 1 is 1.29 bits per heavy atom. The fraction of sp³-hybridized carbons (Fsp3) is 0.0667. The first-order valence-electron chi connectivity index (χ1n) is 6.19. The van der Waals surface area contributed by atoms with Crippen LogP contribution in [0.15, 0.2) is 39.5 Å².